The number of carbonyl (C=O) groups excluding carboxylic acids is 2. The molecule has 0 spiro atoms. The average molecular weight is 450 g/mol. The molecule has 2 aromatic rings. The average Bonchev–Trinajstić information content (AvgIpc) is 2.64. The highest BCUT2D eigenvalue weighted by molar-refractivity contribution is 9.10. The second-order valence-corrected chi connectivity index (χ2v) is 6.96. The van der Waals surface area contributed by atoms with Crippen LogP contribution in [0.3, 0.4) is 0 Å². The van der Waals surface area contributed by atoms with Crippen LogP contribution in [-0.4, -0.2) is 24.0 Å². The molecule has 2 aromatic carbocycles. The van der Waals surface area contributed by atoms with Gasteiger partial charge >= 0.3 is 0 Å². The van der Waals surface area contributed by atoms with E-state index in [0.29, 0.717) is 29.1 Å². The van der Waals surface area contributed by atoms with Gasteiger partial charge in [-0.05, 0) is 55.0 Å². The summed E-state index contributed by atoms with van der Waals surface area (Å²) in [4.78, 5) is 24.1. The van der Waals surface area contributed by atoms with Gasteiger partial charge in [-0.3, -0.25) is 14.9 Å². The normalized spacial score (nSPS) is 10.1. The van der Waals surface area contributed by atoms with Gasteiger partial charge in [-0.15, -0.1) is 0 Å². The SMILES string of the molecule is CCC(=O)Nc1cccc(NC(=S)NC(=O)c2cc(Br)ccc2OC)c1C. The van der Waals surface area contributed by atoms with Crippen molar-refractivity contribution in [1.29, 1.82) is 0 Å². The molecule has 142 valence electrons. The fourth-order valence-corrected chi connectivity index (χ4v) is 2.89. The first-order chi connectivity index (χ1) is 12.8. The van der Waals surface area contributed by atoms with Gasteiger partial charge in [0.1, 0.15) is 5.75 Å². The lowest BCUT2D eigenvalue weighted by molar-refractivity contribution is -0.115. The number of thiocarbonyl (C=S) groups is 1. The Kier molecular flexibility index (Phi) is 7.32. The zero-order valence-electron chi connectivity index (χ0n) is 15.2. The monoisotopic (exact) mass is 449 g/mol. The van der Waals surface area contributed by atoms with Crippen molar-refractivity contribution in [2.75, 3.05) is 17.7 Å². The van der Waals surface area contributed by atoms with E-state index in [1.807, 2.05) is 19.1 Å². The summed E-state index contributed by atoms with van der Waals surface area (Å²) in [6, 6.07) is 10.5. The van der Waals surface area contributed by atoms with Gasteiger partial charge in [0.2, 0.25) is 5.91 Å². The molecule has 2 amide bonds. The van der Waals surface area contributed by atoms with E-state index in [0.717, 1.165) is 10.0 Å². The summed E-state index contributed by atoms with van der Waals surface area (Å²) in [6.45, 7) is 3.64. The third-order valence-corrected chi connectivity index (χ3v) is 4.51. The van der Waals surface area contributed by atoms with Crippen molar-refractivity contribution in [1.82, 2.24) is 5.32 Å². The maximum atomic E-state index is 12.5. The highest BCUT2D eigenvalue weighted by atomic mass is 79.9. The Hall–Kier alpha value is -2.45. The lowest BCUT2D eigenvalue weighted by atomic mass is 10.1. The predicted octanol–water partition coefficient (Wildman–Crippen LogP) is 4.24. The van der Waals surface area contributed by atoms with Crippen LogP contribution in [0.2, 0.25) is 0 Å². The van der Waals surface area contributed by atoms with Crippen molar-refractivity contribution in [2.45, 2.75) is 20.3 Å². The molecule has 0 aromatic heterocycles. The standard InChI is InChI=1S/C19H20BrN3O3S/c1-4-17(24)21-14-6-5-7-15(11(14)2)22-19(27)23-18(25)13-10-12(20)8-9-16(13)26-3/h5-10H,4H2,1-3H3,(H,21,24)(H2,22,23,25,27). The van der Waals surface area contributed by atoms with Crippen LogP contribution in [0.15, 0.2) is 40.9 Å². The van der Waals surface area contributed by atoms with Crippen LogP contribution in [0.1, 0.15) is 29.3 Å². The predicted molar refractivity (Wildman–Crippen MR) is 114 cm³/mol. The molecule has 6 nitrogen and oxygen atoms in total. The maximum Gasteiger partial charge on any atom is 0.261 e. The number of anilines is 2. The van der Waals surface area contributed by atoms with E-state index in [1.54, 1.807) is 31.2 Å². The molecule has 0 fully saturated rings. The van der Waals surface area contributed by atoms with Gasteiger partial charge in [0.15, 0.2) is 5.11 Å². The molecule has 0 aliphatic carbocycles. The first kappa shape index (κ1) is 20.9. The van der Waals surface area contributed by atoms with Crippen molar-refractivity contribution < 1.29 is 14.3 Å². The first-order valence-electron chi connectivity index (χ1n) is 8.21. The minimum absolute atomic E-state index is 0.0760. The highest BCUT2D eigenvalue weighted by Gasteiger charge is 2.15. The Labute approximate surface area is 171 Å². The van der Waals surface area contributed by atoms with Crippen molar-refractivity contribution in [2.24, 2.45) is 0 Å². The molecule has 0 bridgehead atoms. The number of halogens is 1. The summed E-state index contributed by atoms with van der Waals surface area (Å²) < 4.78 is 5.97. The van der Waals surface area contributed by atoms with Gasteiger partial charge in [0.05, 0.1) is 12.7 Å². The summed E-state index contributed by atoms with van der Waals surface area (Å²) in [5, 5.41) is 8.60. The molecule has 0 radical (unpaired) electrons. The molecule has 3 N–H and O–H groups in total. The van der Waals surface area contributed by atoms with Gasteiger partial charge in [-0.2, -0.15) is 0 Å². The van der Waals surface area contributed by atoms with E-state index in [1.165, 1.54) is 7.11 Å². The Morgan fingerprint density at radius 1 is 1.15 bits per heavy atom. The molecule has 0 aliphatic heterocycles. The molecule has 0 aliphatic rings. The lowest BCUT2D eigenvalue weighted by Crippen LogP contribution is -2.34. The largest absolute Gasteiger partial charge is 0.496 e. The highest BCUT2D eigenvalue weighted by Crippen LogP contribution is 2.24. The Bertz CT molecular complexity index is 886. The summed E-state index contributed by atoms with van der Waals surface area (Å²) in [5.74, 6) is -0.0226. The molecular formula is C19H20BrN3O3S. The number of hydrogen-bond donors (Lipinski definition) is 3. The lowest BCUT2D eigenvalue weighted by Gasteiger charge is -2.15. The summed E-state index contributed by atoms with van der Waals surface area (Å²) >= 11 is 8.59. The molecule has 2 rings (SSSR count). The van der Waals surface area contributed by atoms with Gasteiger partial charge < -0.3 is 15.4 Å². The molecule has 0 saturated heterocycles. The van der Waals surface area contributed by atoms with Crippen LogP contribution >= 0.6 is 28.1 Å². The smallest absolute Gasteiger partial charge is 0.261 e. The van der Waals surface area contributed by atoms with Crippen molar-refractivity contribution in [3.63, 3.8) is 0 Å². The quantitative estimate of drug-likeness (QED) is 0.594. The van der Waals surface area contributed by atoms with Gasteiger partial charge in [-0.25, -0.2) is 0 Å². The van der Waals surface area contributed by atoms with Crippen LogP contribution in [0.4, 0.5) is 11.4 Å². The maximum absolute atomic E-state index is 12.5. The van der Waals surface area contributed by atoms with E-state index in [9.17, 15) is 9.59 Å². The van der Waals surface area contributed by atoms with E-state index in [-0.39, 0.29) is 11.0 Å². The number of ether oxygens (including phenoxy) is 1. The van der Waals surface area contributed by atoms with Crippen LogP contribution in [0.5, 0.6) is 5.75 Å². The number of nitrogens with one attached hydrogen (secondary N) is 3. The number of amides is 2. The van der Waals surface area contributed by atoms with Crippen molar-refractivity contribution in [3.8, 4) is 5.75 Å². The second kappa shape index (κ2) is 9.48. The second-order valence-electron chi connectivity index (χ2n) is 5.63. The number of methoxy groups -OCH3 is 1. The summed E-state index contributed by atoms with van der Waals surface area (Å²) in [5.41, 5.74) is 2.55. The third kappa shape index (κ3) is 5.51. The minimum atomic E-state index is -0.390. The molecule has 0 atom stereocenters. The Morgan fingerprint density at radius 2 is 1.81 bits per heavy atom. The Balaban J connectivity index is 2.12. The van der Waals surface area contributed by atoms with Crippen LogP contribution in [-0.2, 0) is 4.79 Å². The minimum Gasteiger partial charge on any atom is -0.496 e. The zero-order valence-corrected chi connectivity index (χ0v) is 17.6. The molecule has 27 heavy (non-hydrogen) atoms. The van der Waals surface area contributed by atoms with Crippen LogP contribution in [0, 0.1) is 6.92 Å². The first-order valence-corrected chi connectivity index (χ1v) is 9.41. The van der Waals surface area contributed by atoms with E-state index in [2.05, 4.69) is 31.9 Å². The molecule has 0 saturated carbocycles. The fourth-order valence-electron chi connectivity index (χ4n) is 2.33. The summed E-state index contributed by atoms with van der Waals surface area (Å²) in [6.07, 6.45) is 0.389. The van der Waals surface area contributed by atoms with Crippen molar-refractivity contribution >= 4 is 56.4 Å². The van der Waals surface area contributed by atoms with Gasteiger partial charge in [-0.1, -0.05) is 28.9 Å². The van der Waals surface area contributed by atoms with Crippen LogP contribution < -0.4 is 20.7 Å². The molecule has 0 heterocycles. The fraction of sp³-hybridized carbons (Fsp3) is 0.211. The number of rotatable bonds is 5. The molecule has 0 unspecified atom stereocenters. The molecular weight excluding hydrogens is 430 g/mol. The topological polar surface area (TPSA) is 79.5 Å². The number of hydrogen-bond acceptors (Lipinski definition) is 4. The number of carbonyl (C=O) groups is 2. The van der Waals surface area contributed by atoms with Gasteiger partial charge in [0, 0.05) is 22.3 Å². The molecule has 8 heteroatoms. The van der Waals surface area contributed by atoms with E-state index in [4.69, 9.17) is 17.0 Å². The van der Waals surface area contributed by atoms with E-state index >= 15 is 0 Å². The zero-order chi connectivity index (χ0) is 20.0. The van der Waals surface area contributed by atoms with E-state index < -0.39 is 5.91 Å². The van der Waals surface area contributed by atoms with Crippen molar-refractivity contribution in [3.05, 3.63) is 52.0 Å². The van der Waals surface area contributed by atoms with Gasteiger partial charge in [0.25, 0.3) is 5.91 Å². The Morgan fingerprint density at radius 3 is 2.44 bits per heavy atom. The van der Waals surface area contributed by atoms with Crippen LogP contribution in [0.25, 0.3) is 0 Å². The third-order valence-electron chi connectivity index (χ3n) is 3.81. The summed E-state index contributed by atoms with van der Waals surface area (Å²) in [7, 11) is 1.50. The number of benzene rings is 2.